The van der Waals surface area contributed by atoms with E-state index in [4.69, 9.17) is 9.47 Å². The first kappa shape index (κ1) is 18.8. The zero-order valence-corrected chi connectivity index (χ0v) is 14.5. The van der Waals surface area contributed by atoms with E-state index in [0.717, 1.165) is 13.0 Å². The second kappa shape index (κ2) is 7.69. The molecule has 3 rings (SSSR count). The average molecular weight is 373 g/mol. The lowest BCUT2D eigenvalue weighted by Crippen LogP contribution is -2.52. The van der Waals surface area contributed by atoms with E-state index >= 15 is 0 Å². The third kappa shape index (κ3) is 4.38. The molecule has 1 aromatic heterocycles. The first-order chi connectivity index (χ1) is 12.4. The van der Waals surface area contributed by atoms with Crippen LogP contribution in [0.3, 0.4) is 0 Å². The van der Waals surface area contributed by atoms with Crippen LogP contribution in [0.1, 0.15) is 37.7 Å². The van der Waals surface area contributed by atoms with Gasteiger partial charge in [-0.1, -0.05) is 0 Å². The molecule has 0 radical (unpaired) electrons. The maximum Gasteiger partial charge on any atom is 0.254 e. The Morgan fingerprint density at radius 3 is 2.62 bits per heavy atom. The van der Waals surface area contributed by atoms with E-state index < -0.39 is 17.8 Å². The maximum atomic E-state index is 14.3. The van der Waals surface area contributed by atoms with Crippen LogP contribution in [0.15, 0.2) is 6.07 Å². The third-order valence-corrected chi connectivity index (χ3v) is 4.71. The Labute approximate surface area is 149 Å². The van der Waals surface area contributed by atoms with Crippen molar-refractivity contribution in [3.8, 4) is 11.8 Å². The summed E-state index contributed by atoms with van der Waals surface area (Å²) in [5, 5.41) is 5.68. The molecule has 9 heteroatoms. The van der Waals surface area contributed by atoms with Crippen molar-refractivity contribution < 1.29 is 27.4 Å². The largest absolute Gasteiger partial charge is 0.481 e. The van der Waals surface area contributed by atoms with Crippen molar-refractivity contribution in [2.24, 2.45) is 0 Å². The zero-order chi connectivity index (χ0) is 18.7. The van der Waals surface area contributed by atoms with E-state index in [-0.39, 0.29) is 55.9 Å². The predicted octanol–water partition coefficient (Wildman–Crippen LogP) is 2.16. The Morgan fingerprint density at radius 2 is 2.04 bits per heavy atom. The number of ether oxygens (including phenoxy) is 2. The number of pyridine rings is 1. The number of hydrogen-bond donors (Lipinski definition) is 2. The number of halogens is 3. The van der Waals surface area contributed by atoms with Gasteiger partial charge in [-0.15, -0.1) is 0 Å². The first-order valence-corrected chi connectivity index (χ1v) is 8.67. The van der Waals surface area contributed by atoms with Gasteiger partial charge in [-0.25, -0.2) is 13.2 Å². The number of amides is 1. The molecule has 1 saturated carbocycles. The van der Waals surface area contributed by atoms with E-state index in [1.54, 1.807) is 0 Å². The number of aromatic nitrogens is 1. The lowest BCUT2D eigenvalue weighted by atomic mass is 9.94. The Morgan fingerprint density at radius 1 is 1.35 bits per heavy atom. The van der Waals surface area contributed by atoms with Crippen molar-refractivity contribution in [2.75, 3.05) is 13.7 Å². The SMILES string of the molecule is COc1nc(OC2CCC(F)(F)CC2)c(F)cc1CNC(=O)C1CCN1. The molecule has 0 aromatic carbocycles. The molecule has 1 aliphatic heterocycles. The molecular formula is C17H22F3N3O3. The van der Waals surface area contributed by atoms with Crippen LogP contribution in [-0.2, 0) is 11.3 Å². The second-order valence-electron chi connectivity index (χ2n) is 6.63. The molecule has 1 aliphatic carbocycles. The smallest absolute Gasteiger partial charge is 0.254 e. The molecule has 1 saturated heterocycles. The van der Waals surface area contributed by atoms with Gasteiger partial charge in [-0.2, -0.15) is 4.98 Å². The molecule has 1 amide bonds. The lowest BCUT2D eigenvalue weighted by molar-refractivity contribution is -0.124. The minimum Gasteiger partial charge on any atom is -0.481 e. The number of carbonyl (C=O) groups excluding carboxylic acids is 1. The standard InChI is InChI=1S/C17H22F3N3O3/c1-25-15-10(9-22-14(24)13-4-7-21-13)8-12(18)16(23-15)26-11-2-5-17(19,20)6-3-11/h8,11,13,21H,2-7,9H2,1H3,(H,22,24). The zero-order valence-electron chi connectivity index (χ0n) is 14.5. The van der Waals surface area contributed by atoms with E-state index in [1.165, 1.54) is 13.2 Å². The van der Waals surface area contributed by atoms with Crippen molar-refractivity contribution in [3.63, 3.8) is 0 Å². The molecule has 1 aromatic rings. The van der Waals surface area contributed by atoms with Crippen LogP contribution in [0, 0.1) is 5.82 Å². The molecule has 26 heavy (non-hydrogen) atoms. The Bertz CT molecular complexity index is 658. The molecule has 1 atom stereocenters. The molecule has 144 valence electrons. The van der Waals surface area contributed by atoms with Gasteiger partial charge in [0, 0.05) is 24.9 Å². The molecule has 2 aliphatic rings. The van der Waals surface area contributed by atoms with Gasteiger partial charge in [0.05, 0.1) is 13.2 Å². The van der Waals surface area contributed by atoms with E-state index in [1.807, 2.05) is 0 Å². The van der Waals surface area contributed by atoms with Crippen LogP contribution in [0.5, 0.6) is 11.8 Å². The van der Waals surface area contributed by atoms with Gasteiger partial charge < -0.3 is 20.1 Å². The molecule has 0 spiro atoms. The number of hydrogen-bond acceptors (Lipinski definition) is 5. The highest BCUT2D eigenvalue weighted by Gasteiger charge is 2.36. The van der Waals surface area contributed by atoms with Gasteiger partial charge >= 0.3 is 0 Å². The van der Waals surface area contributed by atoms with Crippen molar-refractivity contribution in [1.29, 1.82) is 0 Å². The van der Waals surface area contributed by atoms with Crippen LogP contribution in [0.4, 0.5) is 13.2 Å². The minimum absolute atomic E-state index is 0.0695. The highest BCUT2D eigenvalue weighted by Crippen LogP contribution is 2.35. The highest BCUT2D eigenvalue weighted by atomic mass is 19.3. The Balaban J connectivity index is 1.63. The summed E-state index contributed by atoms with van der Waals surface area (Å²) in [7, 11) is 1.38. The van der Waals surface area contributed by atoms with E-state index in [0.29, 0.717) is 5.56 Å². The summed E-state index contributed by atoms with van der Waals surface area (Å²) < 4.78 is 51.3. The maximum absolute atomic E-state index is 14.3. The van der Waals surface area contributed by atoms with Gasteiger partial charge in [0.25, 0.3) is 5.88 Å². The molecule has 2 fully saturated rings. The third-order valence-electron chi connectivity index (χ3n) is 4.71. The van der Waals surface area contributed by atoms with Gasteiger partial charge in [-0.3, -0.25) is 4.79 Å². The van der Waals surface area contributed by atoms with Gasteiger partial charge in [0.2, 0.25) is 17.7 Å². The monoisotopic (exact) mass is 373 g/mol. The number of nitrogens with zero attached hydrogens (tertiary/aromatic N) is 1. The van der Waals surface area contributed by atoms with Crippen LogP contribution in [0.2, 0.25) is 0 Å². The number of nitrogens with one attached hydrogen (secondary N) is 2. The van der Waals surface area contributed by atoms with Crippen molar-refractivity contribution in [3.05, 3.63) is 17.4 Å². The number of carbonyl (C=O) groups is 1. The second-order valence-corrected chi connectivity index (χ2v) is 6.63. The average Bonchev–Trinajstić information content (AvgIpc) is 2.55. The summed E-state index contributed by atoms with van der Waals surface area (Å²) in [5.74, 6) is -3.70. The van der Waals surface area contributed by atoms with Gasteiger partial charge in [0.15, 0.2) is 5.82 Å². The fraction of sp³-hybridized carbons (Fsp3) is 0.647. The van der Waals surface area contributed by atoms with Gasteiger partial charge in [0.1, 0.15) is 6.10 Å². The first-order valence-electron chi connectivity index (χ1n) is 8.67. The van der Waals surface area contributed by atoms with E-state index in [2.05, 4.69) is 15.6 Å². The molecule has 2 N–H and O–H groups in total. The summed E-state index contributed by atoms with van der Waals surface area (Å²) >= 11 is 0. The summed E-state index contributed by atoms with van der Waals surface area (Å²) in [6, 6.07) is 0.971. The fourth-order valence-corrected chi connectivity index (χ4v) is 2.99. The van der Waals surface area contributed by atoms with Crippen molar-refractivity contribution in [2.45, 2.75) is 56.7 Å². The van der Waals surface area contributed by atoms with E-state index in [9.17, 15) is 18.0 Å². The summed E-state index contributed by atoms with van der Waals surface area (Å²) in [6.45, 7) is 0.872. The number of alkyl halides is 2. The topological polar surface area (TPSA) is 72.5 Å². The summed E-state index contributed by atoms with van der Waals surface area (Å²) in [6.07, 6.45) is -0.0175. The van der Waals surface area contributed by atoms with Crippen molar-refractivity contribution in [1.82, 2.24) is 15.6 Å². The van der Waals surface area contributed by atoms with Crippen LogP contribution in [-0.4, -0.2) is 42.6 Å². The molecular weight excluding hydrogens is 351 g/mol. The molecule has 0 bridgehead atoms. The predicted molar refractivity (Wildman–Crippen MR) is 86.8 cm³/mol. The Hall–Kier alpha value is -2.03. The minimum atomic E-state index is -2.68. The summed E-state index contributed by atoms with van der Waals surface area (Å²) in [5.41, 5.74) is 0.375. The number of rotatable bonds is 6. The van der Waals surface area contributed by atoms with Gasteiger partial charge in [-0.05, 0) is 31.9 Å². The van der Waals surface area contributed by atoms with Crippen LogP contribution in [0.25, 0.3) is 0 Å². The molecule has 2 heterocycles. The van der Waals surface area contributed by atoms with Crippen LogP contribution < -0.4 is 20.1 Å². The highest BCUT2D eigenvalue weighted by molar-refractivity contribution is 5.82. The summed E-state index contributed by atoms with van der Waals surface area (Å²) in [4.78, 5) is 15.9. The quantitative estimate of drug-likeness (QED) is 0.800. The van der Waals surface area contributed by atoms with Crippen molar-refractivity contribution >= 4 is 5.91 Å². The molecule has 1 unspecified atom stereocenters. The lowest BCUT2D eigenvalue weighted by Gasteiger charge is -2.28. The van der Waals surface area contributed by atoms with Crippen LogP contribution >= 0.6 is 0 Å². The number of methoxy groups -OCH3 is 1. The fourth-order valence-electron chi connectivity index (χ4n) is 2.99. The molecule has 6 nitrogen and oxygen atoms in total. The normalized spacial score (nSPS) is 22.4. The Kier molecular flexibility index (Phi) is 5.55.